The molecule has 0 aliphatic heterocycles. The monoisotopic (exact) mass is 383 g/mol. The lowest BCUT2D eigenvalue weighted by Gasteiger charge is -2.55. The highest BCUT2D eigenvalue weighted by Gasteiger charge is 2.64. The SMILES string of the molecule is Cn1cc2c3c(cccc31)[C@]1([Si](C)(C)C)CCC[C@]([Si](C)(C)C)(C2)C1=O. The van der Waals surface area contributed by atoms with Gasteiger partial charge in [-0.1, -0.05) is 57.8 Å². The molecule has 0 radical (unpaired) electrons. The van der Waals surface area contributed by atoms with Gasteiger partial charge in [-0.25, -0.2) is 0 Å². The molecule has 2 aliphatic carbocycles. The van der Waals surface area contributed by atoms with E-state index in [9.17, 15) is 4.79 Å². The standard InChI is InChI=1S/C22H33NOSi2/c1-23-15-16-14-21(25(2,3)4)12-9-13-22(20(21)24,26(5,6)7)17-10-8-11-18(23)19(16)17/h8,10-11,15H,9,12-14H2,1-7H3/t21-,22+/m0/s1. The van der Waals surface area contributed by atoms with Gasteiger partial charge < -0.3 is 4.57 Å². The predicted molar refractivity (Wildman–Crippen MR) is 117 cm³/mol. The molecule has 140 valence electrons. The highest BCUT2D eigenvalue weighted by Crippen LogP contribution is 2.62. The molecule has 2 aromatic rings. The van der Waals surface area contributed by atoms with Gasteiger partial charge in [-0.2, -0.15) is 0 Å². The third-order valence-electron chi connectivity index (χ3n) is 7.74. The number of benzene rings is 1. The van der Waals surface area contributed by atoms with E-state index in [0.717, 1.165) is 19.3 Å². The molecule has 1 aromatic carbocycles. The van der Waals surface area contributed by atoms with Crippen LogP contribution in [-0.2, 0) is 23.3 Å². The fourth-order valence-corrected chi connectivity index (χ4v) is 11.7. The van der Waals surface area contributed by atoms with E-state index >= 15 is 0 Å². The molecular weight excluding hydrogens is 350 g/mol. The molecule has 4 rings (SSSR count). The molecule has 1 heterocycles. The quantitative estimate of drug-likeness (QED) is 0.611. The van der Waals surface area contributed by atoms with Gasteiger partial charge >= 0.3 is 0 Å². The first-order valence-corrected chi connectivity index (χ1v) is 17.1. The van der Waals surface area contributed by atoms with E-state index in [1.54, 1.807) is 0 Å². The zero-order chi connectivity index (χ0) is 19.1. The molecule has 0 spiro atoms. The minimum Gasteiger partial charge on any atom is -0.350 e. The van der Waals surface area contributed by atoms with Crippen LogP contribution in [0.25, 0.3) is 10.9 Å². The molecule has 0 amide bonds. The zero-order valence-electron chi connectivity index (χ0n) is 17.5. The number of rotatable bonds is 2. The summed E-state index contributed by atoms with van der Waals surface area (Å²) in [6.45, 7) is 14.6. The Morgan fingerprint density at radius 3 is 2.31 bits per heavy atom. The molecule has 1 fully saturated rings. The van der Waals surface area contributed by atoms with Crippen LogP contribution in [0, 0.1) is 0 Å². The molecular formula is C22H33NOSi2. The third-order valence-corrected chi connectivity index (χ3v) is 14.6. The highest BCUT2D eigenvalue weighted by molar-refractivity contribution is 6.87. The van der Waals surface area contributed by atoms with Crippen LogP contribution in [0.4, 0.5) is 0 Å². The lowest BCUT2D eigenvalue weighted by atomic mass is 9.75. The molecule has 0 N–H and O–H groups in total. The summed E-state index contributed by atoms with van der Waals surface area (Å²) in [6, 6.07) is 6.72. The van der Waals surface area contributed by atoms with Crippen LogP contribution in [0.2, 0.25) is 44.3 Å². The summed E-state index contributed by atoms with van der Waals surface area (Å²) < 4.78 is 2.29. The van der Waals surface area contributed by atoms with Gasteiger partial charge in [0.2, 0.25) is 0 Å². The summed E-state index contributed by atoms with van der Waals surface area (Å²) in [5.41, 5.74) is 4.10. The lowest BCUT2D eigenvalue weighted by molar-refractivity contribution is -0.127. The van der Waals surface area contributed by atoms with Gasteiger partial charge in [-0.3, -0.25) is 4.79 Å². The second kappa shape index (κ2) is 5.22. The van der Waals surface area contributed by atoms with Crippen LogP contribution in [0.3, 0.4) is 0 Å². The minimum atomic E-state index is -1.79. The van der Waals surface area contributed by atoms with Crippen LogP contribution in [0.1, 0.15) is 30.4 Å². The molecule has 2 atom stereocenters. The largest absolute Gasteiger partial charge is 0.350 e. The minimum absolute atomic E-state index is 0.112. The second-order valence-electron chi connectivity index (χ2n) is 10.8. The van der Waals surface area contributed by atoms with Crippen LogP contribution >= 0.6 is 0 Å². The van der Waals surface area contributed by atoms with Gasteiger partial charge in [-0.05, 0) is 36.5 Å². The van der Waals surface area contributed by atoms with Crippen LogP contribution in [0.15, 0.2) is 24.4 Å². The predicted octanol–water partition coefficient (Wildman–Crippen LogP) is 5.68. The van der Waals surface area contributed by atoms with E-state index < -0.39 is 16.1 Å². The first-order valence-electron chi connectivity index (χ1n) is 10.1. The topological polar surface area (TPSA) is 22.0 Å². The van der Waals surface area contributed by atoms with Crippen molar-refractivity contribution in [2.24, 2.45) is 7.05 Å². The van der Waals surface area contributed by atoms with Gasteiger partial charge in [0.15, 0.2) is 0 Å². The number of fused-ring (bicyclic) bond motifs is 3. The van der Waals surface area contributed by atoms with E-state index in [-0.39, 0.29) is 10.1 Å². The summed E-state index contributed by atoms with van der Waals surface area (Å²) in [5.74, 6) is 0.626. The summed E-state index contributed by atoms with van der Waals surface area (Å²) in [5, 5.41) is 1.07. The van der Waals surface area contributed by atoms with Crippen molar-refractivity contribution < 1.29 is 4.79 Å². The first-order chi connectivity index (χ1) is 12.0. The van der Waals surface area contributed by atoms with E-state index in [2.05, 4.69) is 75.3 Å². The number of carbonyl (C=O) groups is 1. The number of carbonyl (C=O) groups excluding carboxylic acids is 1. The fourth-order valence-electron chi connectivity index (χ4n) is 6.17. The third kappa shape index (κ3) is 2.00. The average molecular weight is 384 g/mol. The van der Waals surface area contributed by atoms with Crippen molar-refractivity contribution in [3.8, 4) is 0 Å². The van der Waals surface area contributed by atoms with Crippen LogP contribution in [0.5, 0.6) is 0 Å². The van der Waals surface area contributed by atoms with Crippen LogP contribution < -0.4 is 0 Å². The number of hydrogen-bond donors (Lipinski definition) is 0. The smallest absolute Gasteiger partial charge is 0.144 e. The molecule has 1 aromatic heterocycles. The van der Waals surface area contributed by atoms with Crippen molar-refractivity contribution in [1.82, 2.24) is 4.57 Å². The van der Waals surface area contributed by atoms with Gasteiger partial charge in [-0.15, -0.1) is 0 Å². The lowest BCUT2D eigenvalue weighted by Crippen LogP contribution is -2.64. The number of aryl methyl sites for hydroxylation is 1. The van der Waals surface area contributed by atoms with Crippen molar-refractivity contribution in [2.45, 2.75) is 75.0 Å². The molecule has 2 nitrogen and oxygen atoms in total. The Morgan fingerprint density at radius 1 is 1.00 bits per heavy atom. The number of aromatic nitrogens is 1. The normalized spacial score (nSPS) is 29.1. The van der Waals surface area contributed by atoms with E-state index in [4.69, 9.17) is 0 Å². The maximum atomic E-state index is 14.5. The van der Waals surface area contributed by atoms with Crippen molar-refractivity contribution in [3.63, 3.8) is 0 Å². The average Bonchev–Trinajstić information content (AvgIpc) is 2.82. The highest BCUT2D eigenvalue weighted by atomic mass is 28.3. The Hall–Kier alpha value is -1.14. The van der Waals surface area contributed by atoms with Gasteiger partial charge in [0.1, 0.15) is 5.78 Å². The summed E-state index contributed by atoms with van der Waals surface area (Å²) in [4.78, 5) is 14.5. The Morgan fingerprint density at radius 2 is 1.69 bits per heavy atom. The van der Waals surface area contributed by atoms with Crippen molar-refractivity contribution in [3.05, 3.63) is 35.5 Å². The van der Waals surface area contributed by atoms with Crippen molar-refractivity contribution in [2.75, 3.05) is 0 Å². The first kappa shape index (κ1) is 18.2. The Kier molecular flexibility index (Phi) is 3.66. The van der Waals surface area contributed by atoms with Crippen molar-refractivity contribution >= 4 is 32.8 Å². The molecule has 26 heavy (non-hydrogen) atoms. The van der Waals surface area contributed by atoms with E-state index in [1.807, 2.05) is 0 Å². The van der Waals surface area contributed by atoms with E-state index in [1.165, 1.54) is 28.5 Å². The molecule has 4 heteroatoms. The van der Waals surface area contributed by atoms with Gasteiger partial charge in [0.05, 0.1) is 16.1 Å². The maximum absolute atomic E-state index is 14.5. The Balaban J connectivity index is 2.19. The van der Waals surface area contributed by atoms with Gasteiger partial charge in [0.25, 0.3) is 0 Å². The molecule has 0 saturated heterocycles. The maximum Gasteiger partial charge on any atom is 0.144 e. The second-order valence-corrected chi connectivity index (χ2v) is 21.6. The summed E-state index contributed by atoms with van der Waals surface area (Å²) >= 11 is 0. The molecule has 2 bridgehead atoms. The fraction of sp³-hybridized carbons (Fsp3) is 0.591. The molecule has 2 aliphatic rings. The Labute approximate surface area is 160 Å². The van der Waals surface area contributed by atoms with E-state index in [0.29, 0.717) is 5.78 Å². The van der Waals surface area contributed by atoms with Gasteiger partial charge in [0, 0.05) is 34.2 Å². The summed E-state index contributed by atoms with van der Waals surface area (Å²) in [6.07, 6.45) is 6.64. The number of hydrogen-bond acceptors (Lipinski definition) is 1. The number of nitrogens with zero attached hydrogens (tertiary/aromatic N) is 1. The Bertz CT molecular complexity index is 915. The van der Waals surface area contributed by atoms with Crippen LogP contribution in [-0.4, -0.2) is 26.5 Å². The molecule has 0 unspecified atom stereocenters. The zero-order valence-corrected chi connectivity index (χ0v) is 19.5. The molecule has 1 saturated carbocycles. The van der Waals surface area contributed by atoms with Crippen molar-refractivity contribution in [1.29, 1.82) is 0 Å². The summed E-state index contributed by atoms with van der Waals surface area (Å²) in [7, 11) is -1.33. The number of ketones is 1. The number of Topliss-reactive ketones (excluding diaryl/α,β-unsaturated/α-hetero) is 1.